The van der Waals surface area contributed by atoms with Gasteiger partial charge in [-0.1, -0.05) is 30.0 Å². The first kappa shape index (κ1) is 9.02. The normalized spacial score (nSPS) is 10.0. The van der Waals surface area contributed by atoms with Crippen LogP contribution in [0.15, 0.2) is 57.2 Å². The zero-order valence-electron chi connectivity index (χ0n) is 7.31. The highest BCUT2D eigenvalue weighted by molar-refractivity contribution is 7.99. The Kier molecular flexibility index (Phi) is 2.65. The predicted molar refractivity (Wildman–Crippen MR) is 55.4 cm³/mol. The first-order chi connectivity index (χ1) is 6.84. The molecule has 0 saturated heterocycles. The van der Waals surface area contributed by atoms with Crippen LogP contribution in [0.1, 0.15) is 0 Å². The second-order valence-electron chi connectivity index (χ2n) is 2.67. The van der Waals surface area contributed by atoms with Gasteiger partial charge in [0.15, 0.2) is 0 Å². The van der Waals surface area contributed by atoms with Crippen LogP contribution < -0.4 is 5.56 Å². The van der Waals surface area contributed by atoms with Crippen LogP contribution in [0.5, 0.6) is 0 Å². The monoisotopic (exact) mass is 204 g/mol. The average Bonchev–Trinajstić information content (AvgIpc) is 2.23. The summed E-state index contributed by atoms with van der Waals surface area (Å²) in [5.74, 6) is 0. The van der Waals surface area contributed by atoms with Gasteiger partial charge < -0.3 is 0 Å². The Morgan fingerprint density at radius 1 is 1.07 bits per heavy atom. The molecule has 0 spiro atoms. The van der Waals surface area contributed by atoms with Crippen LogP contribution >= 0.6 is 11.8 Å². The molecule has 1 N–H and O–H groups in total. The number of aromatic nitrogens is 2. The summed E-state index contributed by atoms with van der Waals surface area (Å²) in [6.07, 6.45) is 0. The maximum Gasteiger partial charge on any atom is 0.264 e. The minimum Gasteiger partial charge on any atom is -0.268 e. The molecule has 70 valence electrons. The van der Waals surface area contributed by atoms with Gasteiger partial charge in [0.1, 0.15) is 5.03 Å². The van der Waals surface area contributed by atoms with E-state index in [4.69, 9.17) is 0 Å². The molecule has 0 atom stereocenters. The molecular formula is C10H8N2OS. The number of hydrogen-bond acceptors (Lipinski definition) is 3. The van der Waals surface area contributed by atoms with E-state index >= 15 is 0 Å². The number of nitrogens with one attached hydrogen (secondary N) is 1. The lowest BCUT2D eigenvalue weighted by molar-refractivity contribution is 0.899. The second kappa shape index (κ2) is 4.11. The topological polar surface area (TPSA) is 45.8 Å². The molecule has 0 aliphatic rings. The molecule has 0 aliphatic carbocycles. The zero-order chi connectivity index (χ0) is 9.80. The van der Waals surface area contributed by atoms with Gasteiger partial charge in [0, 0.05) is 11.0 Å². The Labute approximate surface area is 85.2 Å². The highest BCUT2D eigenvalue weighted by Gasteiger charge is 1.96. The molecule has 3 nitrogen and oxygen atoms in total. The number of rotatable bonds is 2. The van der Waals surface area contributed by atoms with Crippen molar-refractivity contribution >= 4 is 11.8 Å². The molecule has 0 fully saturated rings. The molecule has 0 bridgehead atoms. The van der Waals surface area contributed by atoms with Gasteiger partial charge in [0.05, 0.1) is 0 Å². The molecule has 0 unspecified atom stereocenters. The molecule has 1 aromatic carbocycles. The molecular weight excluding hydrogens is 196 g/mol. The van der Waals surface area contributed by atoms with Crippen molar-refractivity contribution in [2.45, 2.75) is 9.92 Å². The van der Waals surface area contributed by atoms with Crippen molar-refractivity contribution in [2.24, 2.45) is 0 Å². The van der Waals surface area contributed by atoms with E-state index in [1.54, 1.807) is 6.07 Å². The van der Waals surface area contributed by atoms with E-state index in [0.717, 1.165) is 9.92 Å². The van der Waals surface area contributed by atoms with E-state index in [-0.39, 0.29) is 5.56 Å². The SMILES string of the molecule is O=c1ccc(Sc2ccccc2)n[nH]1. The molecule has 2 aromatic rings. The number of hydrogen-bond donors (Lipinski definition) is 1. The van der Waals surface area contributed by atoms with Crippen LogP contribution in [0, 0.1) is 0 Å². The lowest BCUT2D eigenvalue weighted by Gasteiger charge is -1.97. The fourth-order valence-electron chi connectivity index (χ4n) is 0.998. The third kappa shape index (κ3) is 2.23. The molecule has 2 rings (SSSR count). The fraction of sp³-hybridized carbons (Fsp3) is 0. The minimum atomic E-state index is -0.178. The number of aromatic amines is 1. The lowest BCUT2D eigenvalue weighted by atomic mass is 10.4. The van der Waals surface area contributed by atoms with E-state index in [1.165, 1.54) is 17.8 Å². The van der Waals surface area contributed by atoms with Crippen molar-refractivity contribution in [1.29, 1.82) is 0 Å². The summed E-state index contributed by atoms with van der Waals surface area (Å²) in [6, 6.07) is 13.1. The first-order valence-corrected chi connectivity index (χ1v) is 4.95. The molecule has 1 heterocycles. The summed E-state index contributed by atoms with van der Waals surface area (Å²) in [7, 11) is 0. The van der Waals surface area contributed by atoms with Crippen LogP contribution in [0.3, 0.4) is 0 Å². The summed E-state index contributed by atoms with van der Waals surface area (Å²) in [5.41, 5.74) is -0.178. The fourth-order valence-corrected chi connectivity index (χ4v) is 1.76. The molecule has 0 saturated carbocycles. The maximum absolute atomic E-state index is 10.7. The summed E-state index contributed by atoms with van der Waals surface area (Å²) >= 11 is 1.52. The summed E-state index contributed by atoms with van der Waals surface area (Å²) in [5, 5.41) is 7.08. The standard InChI is InChI=1S/C10H8N2OS/c13-9-6-7-10(12-11-9)14-8-4-2-1-3-5-8/h1-7H,(H,11,13). The smallest absolute Gasteiger partial charge is 0.264 e. The number of benzene rings is 1. The van der Waals surface area contributed by atoms with E-state index in [2.05, 4.69) is 10.2 Å². The second-order valence-corrected chi connectivity index (χ2v) is 3.77. The van der Waals surface area contributed by atoms with E-state index in [9.17, 15) is 4.79 Å². The number of H-pyrrole nitrogens is 1. The largest absolute Gasteiger partial charge is 0.268 e. The van der Waals surface area contributed by atoms with Gasteiger partial charge in [-0.3, -0.25) is 4.79 Å². The molecule has 0 radical (unpaired) electrons. The van der Waals surface area contributed by atoms with Crippen molar-refractivity contribution in [3.05, 3.63) is 52.8 Å². The van der Waals surface area contributed by atoms with Gasteiger partial charge in [-0.05, 0) is 18.2 Å². The van der Waals surface area contributed by atoms with Crippen molar-refractivity contribution < 1.29 is 0 Å². The van der Waals surface area contributed by atoms with Gasteiger partial charge in [0.25, 0.3) is 5.56 Å². The third-order valence-corrected chi connectivity index (χ3v) is 2.56. The first-order valence-electron chi connectivity index (χ1n) is 4.13. The Morgan fingerprint density at radius 3 is 2.50 bits per heavy atom. The Bertz CT molecular complexity index is 447. The summed E-state index contributed by atoms with van der Waals surface area (Å²) in [4.78, 5) is 11.9. The maximum atomic E-state index is 10.7. The lowest BCUT2D eigenvalue weighted by Crippen LogP contribution is -2.04. The zero-order valence-corrected chi connectivity index (χ0v) is 8.12. The minimum absolute atomic E-state index is 0.178. The Morgan fingerprint density at radius 2 is 1.86 bits per heavy atom. The quantitative estimate of drug-likeness (QED) is 0.812. The Hall–Kier alpha value is -1.55. The van der Waals surface area contributed by atoms with Crippen molar-refractivity contribution in [1.82, 2.24) is 10.2 Å². The van der Waals surface area contributed by atoms with Crippen LogP contribution in [0.2, 0.25) is 0 Å². The Balaban J connectivity index is 2.19. The van der Waals surface area contributed by atoms with Gasteiger partial charge in [-0.25, -0.2) is 5.10 Å². The summed E-state index contributed by atoms with van der Waals surface area (Å²) < 4.78 is 0. The van der Waals surface area contributed by atoms with Crippen LogP contribution in [0.4, 0.5) is 0 Å². The highest BCUT2D eigenvalue weighted by atomic mass is 32.2. The van der Waals surface area contributed by atoms with E-state index in [1.807, 2.05) is 30.3 Å². The average molecular weight is 204 g/mol. The molecule has 4 heteroatoms. The van der Waals surface area contributed by atoms with Crippen molar-refractivity contribution in [3.63, 3.8) is 0 Å². The highest BCUT2D eigenvalue weighted by Crippen LogP contribution is 2.23. The van der Waals surface area contributed by atoms with E-state index in [0.29, 0.717) is 0 Å². The predicted octanol–water partition coefficient (Wildman–Crippen LogP) is 1.92. The van der Waals surface area contributed by atoms with Gasteiger partial charge in [-0.2, -0.15) is 5.10 Å². The number of nitrogens with zero attached hydrogens (tertiary/aromatic N) is 1. The van der Waals surface area contributed by atoms with Gasteiger partial charge in [0.2, 0.25) is 0 Å². The molecule has 14 heavy (non-hydrogen) atoms. The van der Waals surface area contributed by atoms with Crippen LogP contribution in [-0.2, 0) is 0 Å². The van der Waals surface area contributed by atoms with Gasteiger partial charge in [-0.15, -0.1) is 0 Å². The van der Waals surface area contributed by atoms with Crippen molar-refractivity contribution in [2.75, 3.05) is 0 Å². The molecule has 0 aliphatic heterocycles. The van der Waals surface area contributed by atoms with Crippen LogP contribution in [0.25, 0.3) is 0 Å². The van der Waals surface area contributed by atoms with Crippen molar-refractivity contribution in [3.8, 4) is 0 Å². The van der Waals surface area contributed by atoms with Gasteiger partial charge >= 0.3 is 0 Å². The summed E-state index contributed by atoms with van der Waals surface area (Å²) in [6.45, 7) is 0. The molecule has 1 aromatic heterocycles. The van der Waals surface area contributed by atoms with E-state index < -0.39 is 0 Å². The molecule has 0 amide bonds. The third-order valence-electron chi connectivity index (χ3n) is 1.62. The van der Waals surface area contributed by atoms with Crippen LogP contribution in [-0.4, -0.2) is 10.2 Å².